The van der Waals surface area contributed by atoms with Gasteiger partial charge in [0.25, 0.3) is 5.91 Å². The monoisotopic (exact) mass is 392 g/mol. The standard InChI is InChI=1S/C23H21FN2O3/c1-15-3-2-4-18(11-15)28-14-19-6-8-22(29-19)23(27)25-10-9-16-13-26-21-7-5-17(24)12-20(16)21/h2-8,11-13,26H,9-10,14H2,1H3,(H,25,27). The number of carbonyl (C=O) groups is 1. The van der Waals surface area contributed by atoms with E-state index in [1.807, 2.05) is 37.4 Å². The summed E-state index contributed by atoms with van der Waals surface area (Å²) in [6, 6.07) is 15.7. The summed E-state index contributed by atoms with van der Waals surface area (Å²) >= 11 is 0. The van der Waals surface area contributed by atoms with Gasteiger partial charge < -0.3 is 19.5 Å². The summed E-state index contributed by atoms with van der Waals surface area (Å²) < 4.78 is 24.7. The molecule has 0 aliphatic carbocycles. The fourth-order valence-electron chi connectivity index (χ4n) is 3.19. The second-order valence-corrected chi connectivity index (χ2v) is 6.88. The van der Waals surface area contributed by atoms with E-state index in [0.717, 1.165) is 27.8 Å². The maximum atomic E-state index is 13.5. The molecule has 0 aliphatic rings. The number of ether oxygens (including phenoxy) is 1. The average Bonchev–Trinajstić information content (AvgIpc) is 3.34. The van der Waals surface area contributed by atoms with Gasteiger partial charge >= 0.3 is 0 Å². The van der Waals surface area contributed by atoms with Crippen molar-refractivity contribution >= 4 is 16.8 Å². The lowest BCUT2D eigenvalue weighted by molar-refractivity contribution is 0.0922. The number of hydrogen-bond acceptors (Lipinski definition) is 3. The number of benzene rings is 2. The molecule has 4 rings (SSSR count). The number of aryl methyl sites for hydroxylation is 1. The van der Waals surface area contributed by atoms with Gasteiger partial charge in [-0.1, -0.05) is 12.1 Å². The molecule has 2 aromatic carbocycles. The van der Waals surface area contributed by atoms with Gasteiger partial charge in [-0.25, -0.2) is 4.39 Å². The molecular formula is C23H21FN2O3. The first-order valence-corrected chi connectivity index (χ1v) is 9.40. The smallest absolute Gasteiger partial charge is 0.287 e. The molecule has 0 aliphatic heterocycles. The molecule has 0 unspecified atom stereocenters. The highest BCUT2D eigenvalue weighted by atomic mass is 19.1. The number of aromatic nitrogens is 1. The normalized spacial score (nSPS) is 11.0. The molecule has 5 nitrogen and oxygen atoms in total. The van der Waals surface area contributed by atoms with Crippen LogP contribution in [-0.2, 0) is 13.0 Å². The lowest BCUT2D eigenvalue weighted by Crippen LogP contribution is -2.25. The molecule has 0 bridgehead atoms. The van der Waals surface area contributed by atoms with Crippen LogP contribution in [0, 0.1) is 12.7 Å². The summed E-state index contributed by atoms with van der Waals surface area (Å²) in [5.41, 5.74) is 2.93. The van der Waals surface area contributed by atoms with Gasteiger partial charge in [0.05, 0.1) is 0 Å². The summed E-state index contributed by atoms with van der Waals surface area (Å²) in [5, 5.41) is 3.66. The summed E-state index contributed by atoms with van der Waals surface area (Å²) in [4.78, 5) is 15.4. The van der Waals surface area contributed by atoms with Gasteiger partial charge in [-0.15, -0.1) is 0 Å². The largest absolute Gasteiger partial charge is 0.486 e. The third-order valence-corrected chi connectivity index (χ3v) is 4.67. The summed E-state index contributed by atoms with van der Waals surface area (Å²) in [6.07, 6.45) is 2.42. The van der Waals surface area contributed by atoms with E-state index < -0.39 is 0 Å². The highest BCUT2D eigenvalue weighted by molar-refractivity contribution is 5.91. The maximum Gasteiger partial charge on any atom is 0.287 e. The number of amides is 1. The van der Waals surface area contributed by atoms with Crippen molar-refractivity contribution in [3.63, 3.8) is 0 Å². The van der Waals surface area contributed by atoms with Gasteiger partial charge in [-0.2, -0.15) is 0 Å². The third-order valence-electron chi connectivity index (χ3n) is 4.67. The Kier molecular flexibility index (Phi) is 5.33. The number of hydrogen-bond donors (Lipinski definition) is 2. The van der Waals surface area contributed by atoms with E-state index in [1.54, 1.807) is 18.2 Å². The first kappa shape index (κ1) is 18.8. The summed E-state index contributed by atoms with van der Waals surface area (Å²) in [6.45, 7) is 2.66. The van der Waals surface area contributed by atoms with Crippen LogP contribution in [0.15, 0.2) is 65.2 Å². The molecule has 2 N–H and O–H groups in total. The van der Waals surface area contributed by atoms with Gasteiger partial charge in [0.1, 0.15) is 23.9 Å². The van der Waals surface area contributed by atoms with Gasteiger partial charge in [0, 0.05) is 23.6 Å². The van der Waals surface area contributed by atoms with E-state index >= 15 is 0 Å². The number of fused-ring (bicyclic) bond motifs is 1. The Morgan fingerprint density at radius 3 is 2.93 bits per heavy atom. The first-order valence-electron chi connectivity index (χ1n) is 9.40. The van der Waals surface area contributed by atoms with Crippen molar-refractivity contribution in [3.05, 3.63) is 89.3 Å². The minimum absolute atomic E-state index is 0.234. The van der Waals surface area contributed by atoms with E-state index in [9.17, 15) is 9.18 Å². The van der Waals surface area contributed by atoms with Crippen molar-refractivity contribution in [1.82, 2.24) is 10.3 Å². The van der Waals surface area contributed by atoms with Crippen LogP contribution in [0.25, 0.3) is 10.9 Å². The zero-order valence-corrected chi connectivity index (χ0v) is 16.0. The first-order chi connectivity index (χ1) is 14.1. The van der Waals surface area contributed by atoms with Crippen LogP contribution >= 0.6 is 0 Å². The average molecular weight is 392 g/mol. The maximum absolute atomic E-state index is 13.5. The fraction of sp³-hybridized carbons (Fsp3) is 0.174. The Bertz CT molecular complexity index is 1150. The number of furan rings is 1. The van der Waals surface area contributed by atoms with Gasteiger partial charge in [-0.05, 0) is 66.9 Å². The molecule has 0 atom stereocenters. The quantitative estimate of drug-likeness (QED) is 0.477. The molecule has 0 fully saturated rings. The second-order valence-electron chi connectivity index (χ2n) is 6.88. The highest BCUT2D eigenvalue weighted by Crippen LogP contribution is 2.20. The van der Waals surface area contributed by atoms with Crippen LogP contribution in [0.3, 0.4) is 0 Å². The zero-order valence-electron chi connectivity index (χ0n) is 16.0. The number of nitrogens with one attached hydrogen (secondary N) is 2. The van der Waals surface area contributed by atoms with Crippen molar-refractivity contribution in [1.29, 1.82) is 0 Å². The third kappa shape index (κ3) is 4.48. The van der Waals surface area contributed by atoms with E-state index in [0.29, 0.717) is 18.7 Å². The molecule has 2 heterocycles. The molecule has 6 heteroatoms. The van der Waals surface area contributed by atoms with E-state index in [-0.39, 0.29) is 24.1 Å². The number of halogens is 1. The molecule has 0 saturated carbocycles. The highest BCUT2D eigenvalue weighted by Gasteiger charge is 2.12. The Morgan fingerprint density at radius 2 is 2.07 bits per heavy atom. The topological polar surface area (TPSA) is 67.3 Å². The lowest BCUT2D eigenvalue weighted by atomic mass is 10.1. The van der Waals surface area contributed by atoms with Crippen LogP contribution in [0.2, 0.25) is 0 Å². The van der Waals surface area contributed by atoms with Crippen LogP contribution in [0.4, 0.5) is 4.39 Å². The number of H-pyrrole nitrogens is 1. The molecule has 148 valence electrons. The molecule has 0 spiro atoms. The van der Waals surface area contributed by atoms with E-state index in [4.69, 9.17) is 9.15 Å². The summed E-state index contributed by atoms with van der Waals surface area (Å²) in [5.74, 6) is 0.986. The van der Waals surface area contributed by atoms with Crippen LogP contribution in [-0.4, -0.2) is 17.4 Å². The molecule has 0 saturated heterocycles. The predicted molar refractivity (Wildman–Crippen MR) is 109 cm³/mol. The number of carbonyl (C=O) groups excluding carboxylic acids is 1. The molecule has 2 aromatic heterocycles. The van der Waals surface area contributed by atoms with Crippen molar-refractivity contribution < 1.29 is 18.3 Å². The number of rotatable bonds is 7. The Labute approximate surface area is 167 Å². The molecule has 4 aromatic rings. The molecule has 1 amide bonds. The van der Waals surface area contributed by atoms with E-state index in [2.05, 4.69) is 10.3 Å². The molecule has 29 heavy (non-hydrogen) atoms. The van der Waals surface area contributed by atoms with Crippen LogP contribution in [0.1, 0.15) is 27.4 Å². The predicted octanol–water partition coefficient (Wildman–Crippen LogP) is 4.76. The van der Waals surface area contributed by atoms with Gasteiger partial charge in [-0.3, -0.25) is 4.79 Å². The summed E-state index contributed by atoms with van der Waals surface area (Å²) in [7, 11) is 0. The zero-order chi connectivity index (χ0) is 20.2. The van der Waals surface area contributed by atoms with E-state index in [1.165, 1.54) is 12.1 Å². The fourth-order valence-corrected chi connectivity index (χ4v) is 3.19. The van der Waals surface area contributed by atoms with Gasteiger partial charge in [0.2, 0.25) is 0 Å². The Hall–Kier alpha value is -3.54. The second kappa shape index (κ2) is 8.22. The van der Waals surface area contributed by atoms with Crippen molar-refractivity contribution in [2.75, 3.05) is 6.54 Å². The minimum Gasteiger partial charge on any atom is -0.486 e. The SMILES string of the molecule is Cc1cccc(OCc2ccc(C(=O)NCCc3c[nH]c4ccc(F)cc34)o2)c1. The number of aromatic amines is 1. The Balaban J connectivity index is 1.30. The van der Waals surface area contributed by atoms with Crippen molar-refractivity contribution in [2.24, 2.45) is 0 Å². The lowest BCUT2D eigenvalue weighted by Gasteiger charge is -2.05. The van der Waals surface area contributed by atoms with Crippen molar-refractivity contribution in [3.8, 4) is 5.75 Å². The van der Waals surface area contributed by atoms with Crippen LogP contribution < -0.4 is 10.1 Å². The van der Waals surface area contributed by atoms with Gasteiger partial charge in [0.15, 0.2) is 5.76 Å². The minimum atomic E-state index is -0.294. The Morgan fingerprint density at radius 1 is 1.17 bits per heavy atom. The molecule has 0 radical (unpaired) electrons. The van der Waals surface area contributed by atoms with Crippen LogP contribution in [0.5, 0.6) is 5.75 Å². The van der Waals surface area contributed by atoms with Crippen molar-refractivity contribution in [2.45, 2.75) is 20.0 Å². The molecular weight excluding hydrogens is 371 g/mol.